The van der Waals surface area contributed by atoms with Gasteiger partial charge in [-0.3, -0.25) is 9.59 Å². The van der Waals surface area contributed by atoms with E-state index in [1.54, 1.807) is 4.90 Å². The van der Waals surface area contributed by atoms with Crippen molar-refractivity contribution in [2.75, 3.05) is 13.7 Å². The molecular formula is C34H43ClN2O6. The van der Waals surface area contributed by atoms with Gasteiger partial charge in [-0.1, -0.05) is 48.7 Å². The lowest BCUT2D eigenvalue weighted by Gasteiger charge is -2.30. The van der Waals surface area contributed by atoms with E-state index in [1.165, 1.54) is 7.11 Å². The molecule has 232 valence electrons. The molecule has 3 fully saturated rings. The maximum Gasteiger partial charge on any atom is 0.328 e. The van der Waals surface area contributed by atoms with Gasteiger partial charge in [0.2, 0.25) is 5.91 Å². The molecule has 2 saturated carbocycles. The molecule has 2 heterocycles. The van der Waals surface area contributed by atoms with Crippen molar-refractivity contribution >= 4 is 40.3 Å². The first-order chi connectivity index (χ1) is 20.9. The summed E-state index contributed by atoms with van der Waals surface area (Å²) in [5, 5.41) is 1.10. The standard InChI is InChI=1S/C34H43ClN2O6/c1-3-4-5-13-23-15-10-17-29(23)43-31(38)20-26(22-11-6-7-12-22)33(39)37-21-25(19-28(37)34(40)41-2)42-30-18-24-14-8-9-16-27(24)36-32(30)35/h3,8-9,14,16,18,22-23,25-26,28-29H,1,4-7,10-13,15,17,19-21H2,2H3/t23-,25-,26+,28+,29-/m1/s1. The van der Waals surface area contributed by atoms with E-state index in [2.05, 4.69) is 11.6 Å². The third-order valence-electron chi connectivity index (χ3n) is 9.49. The highest BCUT2D eigenvalue weighted by Crippen LogP contribution is 2.38. The van der Waals surface area contributed by atoms with E-state index in [9.17, 15) is 14.4 Å². The van der Waals surface area contributed by atoms with Crippen molar-refractivity contribution in [3.05, 3.63) is 48.1 Å². The van der Waals surface area contributed by atoms with Gasteiger partial charge in [-0.25, -0.2) is 9.78 Å². The first kappa shape index (κ1) is 31.3. The van der Waals surface area contributed by atoms with Gasteiger partial charge in [-0.2, -0.15) is 0 Å². The van der Waals surface area contributed by atoms with E-state index in [1.807, 2.05) is 36.4 Å². The van der Waals surface area contributed by atoms with Crippen molar-refractivity contribution in [2.45, 2.75) is 95.3 Å². The Hall–Kier alpha value is -3.13. The van der Waals surface area contributed by atoms with E-state index in [-0.39, 0.29) is 48.4 Å². The second kappa shape index (κ2) is 14.6. The van der Waals surface area contributed by atoms with Crippen molar-refractivity contribution in [1.82, 2.24) is 9.88 Å². The molecule has 43 heavy (non-hydrogen) atoms. The average Bonchev–Trinajstić information content (AvgIpc) is 3.78. The van der Waals surface area contributed by atoms with Crippen molar-refractivity contribution in [1.29, 1.82) is 0 Å². The summed E-state index contributed by atoms with van der Waals surface area (Å²) in [7, 11) is 1.32. The highest BCUT2D eigenvalue weighted by Gasteiger charge is 2.46. The highest BCUT2D eigenvalue weighted by molar-refractivity contribution is 6.31. The molecule has 5 rings (SSSR count). The number of allylic oxidation sites excluding steroid dienone is 1. The molecule has 5 atom stereocenters. The fraction of sp³-hybridized carbons (Fsp3) is 0.588. The minimum Gasteiger partial charge on any atom is -0.485 e. The second-order valence-electron chi connectivity index (χ2n) is 12.3. The zero-order chi connectivity index (χ0) is 30.3. The van der Waals surface area contributed by atoms with Crippen molar-refractivity contribution < 1.29 is 28.6 Å². The normalized spacial score (nSPS) is 24.7. The molecule has 3 aliphatic rings. The first-order valence-corrected chi connectivity index (χ1v) is 16.2. The number of amides is 1. The van der Waals surface area contributed by atoms with Gasteiger partial charge >= 0.3 is 11.9 Å². The second-order valence-corrected chi connectivity index (χ2v) is 12.6. The Kier molecular flexibility index (Phi) is 10.6. The molecule has 2 aromatic rings. The Bertz CT molecular complexity index is 1310. The number of fused-ring (bicyclic) bond motifs is 1. The number of carbonyl (C=O) groups excluding carboxylic acids is 3. The minimum absolute atomic E-state index is 0.0235. The molecule has 0 N–H and O–H groups in total. The maximum atomic E-state index is 14.2. The Morgan fingerprint density at radius 3 is 2.70 bits per heavy atom. The van der Waals surface area contributed by atoms with Gasteiger partial charge in [-0.05, 0) is 75.3 Å². The van der Waals surface area contributed by atoms with Crippen LogP contribution in [0.3, 0.4) is 0 Å². The molecule has 1 amide bonds. The number of pyridine rings is 1. The SMILES string of the molecule is C=CCCC[C@@H]1CCC[C@H]1OC(=O)C[C@H](C(=O)N1C[C@H](Oc2cc3ccccc3nc2Cl)C[C@H]1C(=O)OC)C1CCCC1. The molecule has 2 aliphatic carbocycles. The van der Waals surface area contributed by atoms with E-state index in [0.29, 0.717) is 11.7 Å². The van der Waals surface area contributed by atoms with E-state index >= 15 is 0 Å². The number of aromatic nitrogens is 1. The fourth-order valence-electron chi connectivity index (χ4n) is 7.26. The van der Waals surface area contributed by atoms with Crippen LogP contribution >= 0.6 is 11.6 Å². The van der Waals surface area contributed by atoms with Crippen LogP contribution in [0, 0.1) is 17.8 Å². The van der Waals surface area contributed by atoms with Crippen LogP contribution in [0.4, 0.5) is 0 Å². The van der Waals surface area contributed by atoms with E-state index < -0.39 is 24.0 Å². The number of unbranched alkanes of at least 4 members (excludes halogenated alkanes) is 1. The summed E-state index contributed by atoms with van der Waals surface area (Å²) in [6, 6.07) is 8.62. The lowest BCUT2D eigenvalue weighted by molar-refractivity contribution is -0.158. The van der Waals surface area contributed by atoms with Crippen molar-refractivity contribution in [2.24, 2.45) is 17.8 Å². The summed E-state index contributed by atoms with van der Waals surface area (Å²) in [5.74, 6) is -0.733. The lowest BCUT2D eigenvalue weighted by atomic mass is 9.86. The van der Waals surface area contributed by atoms with Crippen LogP contribution in [0.15, 0.2) is 43.0 Å². The number of hydrogen-bond donors (Lipinski definition) is 0. The predicted molar refractivity (Wildman–Crippen MR) is 165 cm³/mol. The van der Waals surface area contributed by atoms with Crippen molar-refractivity contribution in [3.63, 3.8) is 0 Å². The fourth-order valence-corrected chi connectivity index (χ4v) is 7.45. The zero-order valence-corrected chi connectivity index (χ0v) is 25.8. The third-order valence-corrected chi connectivity index (χ3v) is 9.76. The van der Waals surface area contributed by atoms with Gasteiger partial charge in [0.25, 0.3) is 0 Å². The molecule has 9 heteroatoms. The quantitative estimate of drug-likeness (QED) is 0.115. The molecule has 1 aliphatic heterocycles. The Morgan fingerprint density at radius 2 is 1.93 bits per heavy atom. The molecule has 0 bridgehead atoms. The number of halogens is 1. The smallest absolute Gasteiger partial charge is 0.328 e. The molecule has 8 nitrogen and oxygen atoms in total. The van der Waals surface area contributed by atoms with Crippen LogP contribution in [-0.2, 0) is 23.9 Å². The van der Waals surface area contributed by atoms with Crippen LogP contribution in [0.1, 0.15) is 77.0 Å². The number of hydrogen-bond acceptors (Lipinski definition) is 7. The number of rotatable bonds is 12. The van der Waals surface area contributed by atoms with Crippen LogP contribution in [0.5, 0.6) is 5.75 Å². The highest BCUT2D eigenvalue weighted by atomic mass is 35.5. The van der Waals surface area contributed by atoms with Crippen molar-refractivity contribution in [3.8, 4) is 5.75 Å². The minimum atomic E-state index is -0.807. The van der Waals surface area contributed by atoms with Gasteiger partial charge in [0, 0.05) is 11.8 Å². The number of methoxy groups -OCH3 is 1. The monoisotopic (exact) mass is 610 g/mol. The summed E-state index contributed by atoms with van der Waals surface area (Å²) >= 11 is 6.45. The number of carbonyl (C=O) groups is 3. The van der Waals surface area contributed by atoms with Gasteiger partial charge < -0.3 is 19.1 Å². The summed E-state index contributed by atoms with van der Waals surface area (Å²) in [4.78, 5) is 46.5. The summed E-state index contributed by atoms with van der Waals surface area (Å²) < 4.78 is 17.4. The van der Waals surface area contributed by atoms with E-state index in [4.69, 9.17) is 25.8 Å². The number of likely N-dealkylation sites (tertiary alicyclic amines) is 1. The summed E-state index contributed by atoms with van der Waals surface area (Å²) in [6.07, 6.45) is 11.4. The largest absolute Gasteiger partial charge is 0.485 e. The molecule has 1 aromatic heterocycles. The maximum absolute atomic E-state index is 14.2. The number of nitrogens with zero attached hydrogens (tertiary/aromatic N) is 2. The number of para-hydroxylation sites is 1. The zero-order valence-electron chi connectivity index (χ0n) is 25.0. The van der Waals surface area contributed by atoms with Gasteiger partial charge in [0.05, 0.1) is 31.5 Å². The topological polar surface area (TPSA) is 95.0 Å². The van der Waals surface area contributed by atoms with E-state index in [0.717, 1.165) is 75.1 Å². The third kappa shape index (κ3) is 7.51. The van der Waals surface area contributed by atoms with Gasteiger partial charge in [0.15, 0.2) is 10.9 Å². The summed E-state index contributed by atoms with van der Waals surface area (Å²) in [6.45, 7) is 4.00. The Labute approximate surface area is 259 Å². The molecule has 1 aromatic carbocycles. The van der Waals surface area contributed by atoms with Crippen LogP contribution in [0.25, 0.3) is 10.9 Å². The van der Waals surface area contributed by atoms with Gasteiger partial charge in [-0.15, -0.1) is 6.58 Å². The molecule has 1 saturated heterocycles. The molecule has 0 spiro atoms. The molecular weight excluding hydrogens is 568 g/mol. The van der Waals surface area contributed by atoms with Crippen LogP contribution < -0.4 is 4.74 Å². The van der Waals surface area contributed by atoms with Crippen LogP contribution in [-0.4, -0.2) is 59.6 Å². The first-order valence-electron chi connectivity index (χ1n) is 15.8. The lowest BCUT2D eigenvalue weighted by Crippen LogP contribution is -2.46. The Morgan fingerprint density at radius 1 is 1.14 bits per heavy atom. The van der Waals surface area contributed by atoms with Gasteiger partial charge in [0.1, 0.15) is 18.2 Å². The number of esters is 2. The number of ether oxygens (including phenoxy) is 3. The summed E-state index contributed by atoms with van der Waals surface area (Å²) in [5.41, 5.74) is 0.752. The Balaban J connectivity index is 1.30. The average molecular weight is 611 g/mol. The predicted octanol–water partition coefficient (Wildman–Crippen LogP) is 6.67. The molecule has 0 radical (unpaired) electrons. The number of benzene rings is 1. The molecule has 0 unspecified atom stereocenters. The van der Waals surface area contributed by atoms with Crippen LogP contribution in [0.2, 0.25) is 5.15 Å².